The van der Waals surface area contributed by atoms with Gasteiger partial charge in [0.05, 0.1) is 18.1 Å². The van der Waals surface area contributed by atoms with Gasteiger partial charge < -0.3 is 9.52 Å². The van der Waals surface area contributed by atoms with Gasteiger partial charge in [-0.05, 0) is 18.1 Å². The van der Waals surface area contributed by atoms with Gasteiger partial charge in [0.1, 0.15) is 0 Å². The van der Waals surface area contributed by atoms with Crippen LogP contribution in [0.2, 0.25) is 0 Å². The number of nitroso groups, excluding NO2 is 1. The van der Waals surface area contributed by atoms with Crippen molar-refractivity contribution in [2.75, 3.05) is 13.1 Å². The number of carbonyl (C=O) groups is 1. The summed E-state index contributed by atoms with van der Waals surface area (Å²) in [6.45, 7) is 0.905. The lowest BCUT2D eigenvalue weighted by atomic mass is 10.0. The molecule has 16 heavy (non-hydrogen) atoms. The highest BCUT2D eigenvalue weighted by atomic mass is 16.4. The first-order valence-electron chi connectivity index (χ1n) is 4.81. The van der Waals surface area contributed by atoms with Crippen LogP contribution in [0.1, 0.15) is 22.5 Å². The zero-order valence-electron chi connectivity index (χ0n) is 8.42. The van der Waals surface area contributed by atoms with Crippen LogP contribution in [-0.2, 0) is 0 Å². The Morgan fingerprint density at radius 3 is 2.94 bits per heavy atom. The number of hydrogen-bond acceptors (Lipinski definition) is 4. The first-order chi connectivity index (χ1) is 7.72. The SMILES string of the molecule is O=NN1CC=C(c2ccoc2C(=O)O)CC1. The summed E-state index contributed by atoms with van der Waals surface area (Å²) >= 11 is 0. The zero-order chi connectivity index (χ0) is 11.5. The molecule has 84 valence electrons. The van der Waals surface area contributed by atoms with Gasteiger partial charge in [0, 0.05) is 12.1 Å². The quantitative estimate of drug-likeness (QED) is 0.787. The molecule has 1 N–H and O–H groups in total. The van der Waals surface area contributed by atoms with Gasteiger partial charge in [-0.3, -0.25) is 5.01 Å². The van der Waals surface area contributed by atoms with Gasteiger partial charge in [-0.25, -0.2) is 4.79 Å². The molecule has 0 aromatic carbocycles. The van der Waals surface area contributed by atoms with Gasteiger partial charge in [-0.1, -0.05) is 6.08 Å². The molecular formula is C10H10N2O4. The van der Waals surface area contributed by atoms with Gasteiger partial charge in [0.25, 0.3) is 0 Å². The molecule has 6 heteroatoms. The molecule has 0 saturated heterocycles. The standard InChI is InChI=1S/C10H10N2O4/c13-10(14)9-8(3-6-16-9)7-1-4-12(11-15)5-2-7/h1,3,6H,2,4-5H2,(H,13,14). The highest BCUT2D eigenvalue weighted by Crippen LogP contribution is 2.26. The Bertz CT molecular complexity index is 449. The van der Waals surface area contributed by atoms with Crippen molar-refractivity contribution < 1.29 is 14.3 Å². The van der Waals surface area contributed by atoms with Crippen LogP contribution >= 0.6 is 0 Å². The molecule has 0 radical (unpaired) electrons. The Morgan fingerprint density at radius 1 is 1.56 bits per heavy atom. The molecule has 0 unspecified atom stereocenters. The van der Waals surface area contributed by atoms with Crippen molar-refractivity contribution in [3.8, 4) is 0 Å². The highest BCUT2D eigenvalue weighted by Gasteiger charge is 2.20. The molecule has 1 aliphatic heterocycles. The molecule has 0 aliphatic carbocycles. The van der Waals surface area contributed by atoms with Crippen LogP contribution in [0.15, 0.2) is 28.1 Å². The van der Waals surface area contributed by atoms with E-state index in [1.165, 1.54) is 11.3 Å². The summed E-state index contributed by atoms with van der Waals surface area (Å²) in [7, 11) is 0. The molecule has 1 aromatic heterocycles. The maximum Gasteiger partial charge on any atom is 0.372 e. The number of carboxylic acids is 1. The second-order valence-corrected chi connectivity index (χ2v) is 3.44. The van der Waals surface area contributed by atoms with Crippen LogP contribution in [-0.4, -0.2) is 29.2 Å². The van der Waals surface area contributed by atoms with Crippen molar-refractivity contribution >= 4 is 11.5 Å². The number of aromatic carboxylic acids is 1. The Hall–Kier alpha value is -2.11. The van der Waals surface area contributed by atoms with Crippen LogP contribution in [0.5, 0.6) is 0 Å². The lowest BCUT2D eigenvalue weighted by Crippen LogP contribution is -2.22. The largest absolute Gasteiger partial charge is 0.475 e. The minimum Gasteiger partial charge on any atom is -0.475 e. The van der Waals surface area contributed by atoms with E-state index in [1.807, 2.05) is 0 Å². The number of hydrogen-bond donors (Lipinski definition) is 1. The van der Waals surface area contributed by atoms with Gasteiger partial charge in [-0.15, -0.1) is 4.91 Å². The molecule has 0 spiro atoms. The molecule has 6 nitrogen and oxygen atoms in total. The highest BCUT2D eigenvalue weighted by molar-refractivity contribution is 5.91. The maximum atomic E-state index is 10.8. The first-order valence-corrected chi connectivity index (χ1v) is 4.81. The lowest BCUT2D eigenvalue weighted by Gasteiger charge is -2.20. The van der Waals surface area contributed by atoms with E-state index in [-0.39, 0.29) is 5.76 Å². The van der Waals surface area contributed by atoms with Gasteiger partial charge in [0.2, 0.25) is 5.76 Å². The maximum absolute atomic E-state index is 10.8. The molecule has 2 rings (SSSR count). The van der Waals surface area contributed by atoms with Crippen molar-refractivity contribution in [3.05, 3.63) is 34.6 Å². The second-order valence-electron chi connectivity index (χ2n) is 3.44. The third-order valence-electron chi connectivity index (χ3n) is 2.51. The first kappa shape index (κ1) is 10.4. The summed E-state index contributed by atoms with van der Waals surface area (Å²) in [5.74, 6) is -1.14. The lowest BCUT2D eigenvalue weighted by molar-refractivity contribution is 0.0662. The van der Waals surface area contributed by atoms with E-state index in [0.29, 0.717) is 25.1 Å². The predicted molar refractivity (Wildman–Crippen MR) is 55.6 cm³/mol. The third-order valence-corrected chi connectivity index (χ3v) is 2.51. The van der Waals surface area contributed by atoms with Crippen molar-refractivity contribution in [3.63, 3.8) is 0 Å². The molecular weight excluding hydrogens is 212 g/mol. The summed E-state index contributed by atoms with van der Waals surface area (Å²) in [4.78, 5) is 21.1. The Labute approximate surface area is 91.1 Å². The van der Waals surface area contributed by atoms with E-state index >= 15 is 0 Å². The summed E-state index contributed by atoms with van der Waals surface area (Å²) in [5.41, 5.74) is 1.46. The van der Waals surface area contributed by atoms with Gasteiger partial charge in [0.15, 0.2) is 0 Å². The number of furan rings is 1. The molecule has 2 heterocycles. The number of carboxylic acid groups (broad SMARTS) is 1. The number of rotatable bonds is 3. The molecule has 0 saturated carbocycles. The average Bonchev–Trinajstić information content (AvgIpc) is 2.78. The minimum atomic E-state index is -1.09. The zero-order valence-corrected chi connectivity index (χ0v) is 8.42. The van der Waals surface area contributed by atoms with Crippen molar-refractivity contribution in [1.82, 2.24) is 5.01 Å². The molecule has 1 aliphatic rings. The van der Waals surface area contributed by atoms with Gasteiger partial charge >= 0.3 is 5.97 Å². The van der Waals surface area contributed by atoms with Crippen LogP contribution < -0.4 is 0 Å². The third kappa shape index (κ3) is 1.81. The van der Waals surface area contributed by atoms with E-state index < -0.39 is 5.97 Å². The second kappa shape index (κ2) is 4.18. The van der Waals surface area contributed by atoms with E-state index in [4.69, 9.17) is 9.52 Å². The monoisotopic (exact) mass is 222 g/mol. The van der Waals surface area contributed by atoms with Crippen LogP contribution in [0.3, 0.4) is 0 Å². The van der Waals surface area contributed by atoms with Gasteiger partial charge in [-0.2, -0.15) is 0 Å². The number of nitrogens with zero attached hydrogens (tertiary/aromatic N) is 2. The topological polar surface area (TPSA) is 83.1 Å². The fourth-order valence-corrected chi connectivity index (χ4v) is 1.70. The predicted octanol–water partition coefficient (Wildman–Crippen LogP) is 1.75. The van der Waals surface area contributed by atoms with Crippen molar-refractivity contribution in [2.45, 2.75) is 6.42 Å². The van der Waals surface area contributed by atoms with Crippen molar-refractivity contribution in [1.29, 1.82) is 0 Å². The average molecular weight is 222 g/mol. The van der Waals surface area contributed by atoms with Crippen LogP contribution in [0, 0.1) is 4.91 Å². The summed E-state index contributed by atoms with van der Waals surface area (Å²) in [5, 5.41) is 13.1. The molecule has 0 fully saturated rings. The van der Waals surface area contributed by atoms with Crippen LogP contribution in [0.4, 0.5) is 0 Å². The molecule has 1 aromatic rings. The van der Waals surface area contributed by atoms with E-state index in [9.17, 15) is 9.70 Å². The smallest absolute Gasteiger partial charge is 0.372 e. The summed E-state index contributed by atoms with van der Waals surface area (Å²) < 4.78 is 4.89. The minimum absolute atomic E-state index is 0.0567. The fourth-order valence-electron chi connectivity index (χ4n) is 1.70. The van der Waals surface area contributed by atoms with Crippen LogP contribution in [0.25, 0.3) is 5.57 Å². The molecule has 0 atom stereocenters. The molecule has 0 amide bonds. The van der Waals surface area contributed by atoms with E-state index in [0.717, 1.165) is 5.57 Å². The fraction of sp³-hybridized carbons (Fsp3) is 0.300. The summed E-state index contributed by atoms with van der Waals surface area (Å²) in [6.07, 6.45) is 3.73. The Balaban J connectivity index is 2.25. The normalized spacial score (nSPS) is 15.8. The molecule has 0 bridgehead atoms. The Kier molecular flexibility index (Phi) is 2.72. The Morgan fingerprint density at radius 2 is 2.38 bits per heavy atom. The van der Waals surface area contributed by atoms with E-state index in [1.54, 1.807) is 12.1 Å². The summed E-state index contributed by atoms with van der Waals surface area (Å²) in [6, 6.07) is 1.62. The van der Waals surface area contributed by atoms with Crippen molar-refractivity contribution in [2.24, 2.45) is 5.29 Å². The van der Waals surface area contributed by atoms with E-state index in [2.05, 4.69) is 5.29 Å².